The maximum atomic E-state index is 11.6. The number of rotatable bonds is 5. The van der Waals surface area contributed by atoms with Gasteiger partial charge in [0.1, 0.15) is 0 Å². The van der Waals surface area contributed by atoms with Crippen molar-refractivity contribution in [3.05, 3.63) is 0 Å². The molecule has 14 heavy (non-hydrogen) atoms. The predicted octanol–water partition coefficient (Wildman–Crippen LogP) is 1.59. The Morgan fingerprint density at radius 1 is 1.57 bits per heavy atom. The Balaban J connectivity index is 2.48. The van der Waals surface area contributed by atoms with Crippen molar-refractivity contribution in [2.75, 3.05) is 13.1 Å². The molecule has 1 heterocycles. The molecule has 0 aromatic carbocycles. The smallest absolute Gasteiger partial charge is 0.237 e. The van der Waals surface area contributed by atoms with Crippen molar-refractivity contribution in [1.29, 1.82) is 0 Å². The van der Waals surface area contributed by atoms with Gasteiger partial charge in [-0.05, 0) is 12.3 Å². The lowest BCUT2D eigenvalue weighted by Crippen LogP contribution is -2.39. The van der Waals surface area contributed by atoms with Crippen LogP contribution < -0.4 is 5.32 Å². The van der Waals surface area contributed by atoms with Crippen molar-refractivity contribution >= 4 is 5.91 Å². The van der Waals surface area contributed by atoms with Crippen LogP contribution in [0.4, 0.5) is 0 Å². The minimum atomic E-state index is 0.267. The number of nitrogens with one attached hydrogen (secondary N) is 1. The second-order valence-corrected chi connectivity index (χ2v) is 4.24. The molecule has 1 rings (SSSR count). The van der Waals surface area contributed by atoms with Gasteiger partial charge >= 0.3 is 0 Å². The van der Waals surface area contributed by atoms with E-state index < -0.39 is 0 Å². The van der Waals surface area contributed by atoms with Crippen LogP contribution in [-0.2, 0) is 4.79 Å². The molecule has 82 valence electrons. The van der Waals surface area contributed by atoms with Crippen molar-refractivity contribution in [2.24, 2.45) is 5.92 Å². The average molecular weight is 198 g/mol. The Morgan fingerprint density at radius 2 is 2.29 bits per heavy atom. The van der Waals surface area contributed by atoms with Crippen LogP contribution in [0.25, 0.3) is 0 Å². The van der Waals surface area contributed by atoms with Crippen LogP contribution in [0.2, 0.25) is 0 Å². The summed E-state index contributed by atoms with van der Waals surface area (Å²) in [5.41, 5.74) is 0. The quantitative estimate of drug-likeness (QED) is 0.727. The molecule has 2 atom stereocenters. The van der Waals surface area contributed by atoms with Gasteiger partial charge in [-0.1, -0.05) is 33.6 Å². The fraction of sp³-hybridized carbons (Fsp3) is 0.909. The van der Waals surface area contributed by atoms with E-state index in [1.807, 2.05) is 4.90 Å². The Morgan fingerprint density at radius 3 is 2.86 bits per heavy atom. The topological polar surface area (TPSA) is 32.3 Å². The molecule has 1 N–H and O–H groups in total. The number of nitrogens with zero attached hydrogens (tertiary/aromatic N) is 1. The maximum absolute atomic E-state index is 11.6. The van der Waals surface area contributed by atoms with E-state index in [0.29, 0.717) is 18.6 Å². The van der Waals surface area contributed by atoms with Crippen LogP contribution in [0.15, 0.2) is 0 Å². The number of hydrogen-bond acceptors (Lipinski definition) is 2. The van der Waals surface area contributed by atoms with Crippen LogP contribution >= 0.6 is 0 Å². The highest BCUT2D eigenvalue weighted by atomic mass is 16.2. The van der Waals surface area contributed by atoms with Gasteiger partial charge in [0.15, 0.2) is 0 Å². The van der Waals surface area contributed by atoms with Gasteiger partial charge in [-0.25, -0.2) is 0 Å². The minimum absolute atomic E-state index is 0.267. The molecule has 0 spiro atoms. The molecule has 3 heteroatoms. The fourth-order valence-corrected chi connectivity index (χ4v) is 1.82. The molecule has 2 unspecified atom stereocenters. The molecule has 3 nitrogen and oxygen atoms in total. The number of hydrogen-bond donors (Lipinski definition) is 1. The molecule has 1 aliphatic heterocycles. The highest BCUT2D eigenvalue weighted by Crippen LogP contribution is 2.14. The lowest BCUT2D eigenvalue weighted by molar-refractivity contribution is -0.128. The number of amides is 1. The SMILES string of the molecule is CCCC1NCC(=O)N1CC(C)CC. The third kappa shape index (κ3) is 2.71. The molecular formula is C11H22N2O. The Kier molecular flexibility index (Phi) is 4.39. The largest absolute Gasteiger partial charge is 0.326 e. The van der Waals surface area contributed by atoms with Gasteiger partial charge in [0.25, 0.3) is 0 Å². The van der Waals surface area contributed by atoms with Gasteiger partial charge in [-0.15, -0.1) is 0 Å². The molecule has 0 aromatic rings. The fourth-order valence-electron chi connectivity index (χ4n) is 1.82. The molecule has 1 fully saturated rings. The summed E-state index contributed by atoms with van der Waals surface area (Å²) in [4.78, 5) is 13.6. The van der Waals surface area contributed by atoms with Crippen LogP contribution in [0.3, 0.4) is 0 Å². The summed E-state index contributed by atoms with van der Waals surface area (Å²) in [7, 11) is 0. The van der Waals surface area contributed by atoms with E-state index in [-0.39, 0.29) is 5.91 Å². The van der Waals surface area contributed by atoms with Crippen molar-refractivity contribution in [3.8, 4) is 0 Å². The summed E-state index contributed by atoms with van der Waals surface area (Å²) in [6.45, 7) is 7.97. The van der Waals surface area contributed by atoms with E-state index in [1.165, 1.54) is 0 Å². The van der Waals surface area contributed by atoms with E-state index in [1.54, 1.807) is 0 Å². The van der Waals surface area contributed by atoms with Gasteiger partial charge in [0, 0.05) is 6.54 Å². The standard InChI is InChI=1S/C11H22N2O/c1-4-6-10-12-7-11(14)13(10)8-9(3)5-2/h9-10,12H,4-8H2,1-3H3. The summed E-state index contributed by atoms with van der Waals surface area (Å²) >= 11 is 0. The van der Waals surface area contributed by atoms with Crippen LogP contribution in [0.1, 0.15) is 40.0 Å². The van der Waals surface area contributed by atoms with E-state index >= 15 is 0 Å². The maximum Gasteiger partial charge on any atom is 0.237 e. The summed E-state index contributed by atoms with van der Waals surface area (Å²) < 4.78 is 0. The molecule has 0 aliphatic carbocycles. The Labute approximate surface area is 86.9 Å². The summed E-state index contributed by atoms with van der Waals surface area (Å²) in [5, 5.41) is 3.26. The molecule has 0 saturated carbocycles. The van der Waals surface area contributed by atoms with Gasteiger partial charge in [0.2, 0.25) is 5.91 Å². The molecule has 1 amide bonds. The van der Waals surface area contributed by atoms with Crippen LogP contribution in [-0.4, -0.2) is 30.1 Å². The predicted molar refractivity (Wildman–Crippen MR) is 57.9 cm³/mol. The average Bonchev–Trinajstić information content (AvgIpc) is 2.50. The first-order valence-corrected chi connectivity index (χ1v) is 5.71. The van der Waals surface area contributed by atoms with Gasteiger partial charge in [0.05, 0.1) is 12.7 Å². The summed E-state index contributed by atoms with van der Waals surface area (Å²) in [5.74, 6) is 0.877. The molecule has 0 aromatic heterocycles. The highest BCUT2D eigenvalue weighted by molar-refractivity contribution is 5.80. The van der Waals surface area contributed by atoms with E-state index in [2.05, 4.69) is 26.1 Å². The summed E-state index contributed by atoms with van der Waals surface area (Å²) in [6, 6.07) is 0. The first-order valence-electron chi connectivity index (χ1n) is 5.71. The third-order valence-electron chi connectivity index (χ3n) is 2.95. The van der Waals surface area contributed by atoms with E-state index in [9.17, 15) is 4.79 Å². The molecule has 0 radical (unpaired) electrons. The van der Waals surface area contributed by atoms with E-state index in [4.69, 9.17) is 0 Å². The van der Waals surface area contributed by atoms with E-state index in [0.717, 1.165) is 25.8 Å². The second kappa shape index (κ2) is 5.35. The number of carbonyl (C=O) groups is 1. The zero-order valence-corrected chi connectivity index (χ0v) is 9.55. The Hall–Kier alpha value is -0.570. The van der Waals surface area contributed by atoms with Crippen molar-refractivity contribution in [1.82, 2.24) is 10.2 Å². The zero-order chi connectivity index (χ0) is 10.6. The minimum Gasteiger partial charge on any atom is -0.326 e. The molecule has 1 aliphatic rings. The molecular weight excluding hydrogens is 176 g/mol. The van der Waals surface area contributed by atoms with Crippen LogP contribution in [0.5, 0.6) is 0 Å². The van der Waals surface area contributed by atoms with Gasteiger partial charge < -0.3 is 4.90 Å². The number of carbonyl (C=O) groups excluding carboxylic acids is 1. The molecule has 0 bridgehead atoms. The third-order valence-corrected chi connectivity index (χ3v) is 2.95. The van der Waals surface area contributed by atoms with Gasteiger partial charge in [-0.2, -0.15) is 0 Å². The summed E-state index contributed by atoms with van der Waals surface area (Å²) in [6.07, 6.45) is 3.63. The Bertz CT molecular complexity index is 194. The van der Waals surface area contributed by atoms with Crippen molar-refractivity contribution in [2.45, 2.75) is 46.2 Å². The first-order chi connectivity index (χ1) is 6.69. The van der Waals surface area contributed by atoms with Gasteiger partial charge in [-0.3, -0.25) is 10.1 Å². The van der Waals surface area contributed by atoms with Crippen LogP contribution in [0, 0.1) is 5.92 Å². The zero-order valence-electron chi connectivity index (χ0n) is 9.55. The second-order valence-electron chi connectivity index (χ2n) is 4.24. The lowest BCUT2D eigenvalue weighted by Gasteiger charge is -2.26. The monoisotopic (exact) mass is 198 g/mol. The highest BCUT2D eigenvalue weighted by Gasteiger charge is 2.29. The lowest BCUT2D eigenvalue weighted by atomic mass is 10.1. The van der Waals surface area contributed by atoms with Crippen molar-refractivity contribution < 1.29 is 4.79 Å². The van der Waals surface area contributed by atoms with Crippen molar-refractivity contribution in [3.63, 3.8) is 0 Å². The normalized spacial score (nSPS) is 24.4. The molecule has 1 saturated heterocycles. The first kappa shape index (κ1) is 11.5.